The van der Waals surface area contributed by atoms with Crippen molar-refractivity contribution in [3.63, 3.8) is 0 Å². The van der Waals surface area contributed by atoms with Crippen molar-refractivity contribution in [2.45, 2.75) is 25.5 Å². The molecule has 0 spiro atoms. The van der Waals surface area contributed by atoms with Gasteiger partial charge in [-0.3, -0.25) is 4.79 Å². The molecular weight excluding hydrogens is 278 g/mol. The maximum atomic E-state index is 12.4. The van der Waals surface area contributed by atoms with Crippen LogP contribution in [-0.4, -0.2) is 65.3 Å². The smallest absolute Gasteiger partial charge is 0.326 e. The molecule has 0 aliphatic carbocycles. The number of hydrogen-bond donors (Lipinski definition) is 2. The molecule has 1 saturated heterocycles. The molecule has 1 fully saturated rings. The summed E-state index contributed by atoms with van der Waals surface area (Å²) in [7, 11) is 0. The number of amides is 1. The molecule has 1 aliphatic rings. The first-order chi connectivity index (χ1) is 9.97. The molecule has 1 aliphatic heterocycles. The zero-order valence-corrected chi connectivity index (χ0v) is 11.2. The topological polar surface area (TPSA) is 121 Å². The van der Waals surface area contributed by atoms with E-state index in [0.29, 0.717) is 0 Å². The number of carbonyl (C=O) groups is 2. The van der Waals surface area contributed by atoms with Crippen molar-refractivity contribution < 1.29 is 19.8 Å². The molecule has 3 rings (SSSR count). The van der Waals surface area contributed by atoms with Gasteiger partial charge in [-0.15, -0.1) is 5.10 Å². The summed E-state index contributed by atoms with van der Waals surface area (Å²) in [5.74, 6) is -1.64. The van der Waals surface area contributed by atoms with Crippen LogP contribution in [0.15, 0.2) is 12.3 Å². The average molecular weight is 291 g/mol. The van der Waals surface area contributed by atoms with Crippen LogP contribution >= 0.6 is 0 Å². The van der Waals surface area contributed by atoms with E-state index in [4.69, 9.17) is 5.11 Å². The van der Waals surface area contributed by atoms with Gasteiger partial charge in [-0.05, 0) is 13.0 Å². The molecule has 0 radical (unpaired) electrons. The van der Waals surface area contributed by atoms with Gasteiger partial charge in [-0.2, -0.15) is 4.98 Å². The highest BCUT2D eigenvalue weighted by Gasteiger charge is 2.40. The number of hydrogen-bond acceptors (Lipinski definition) is 6. The van der Waals surface area contributed by atoms with Crippen molar-refractivity contribution in [3.8, 4) is 0 Å². The second-order valence-electron chi connectivity index (χ2n) is 4.93. The van der Waals surface area contributed by atoms with E-state index in [1.165, 1.54) is 4.52 Å². The Balaban J connectivity index is 1.96. The van der Waals surface area contributed by atoms with Crippen molar-refractivity contribution in [1.29, 1.82) is 0 Å². The average Bonchev–Trinajstić information content (AvgIpc) is 3.02. The normalized spacial score (nSPS) is 21.9. The maximum absolute atomic E-state index is 12.4. The van der Waals surface area contributed by atoms with E-state index in [1.54, 1.807) is 19.2 Å². The van der Waals surface area contributed by atoms with E-state index in [2.05, 4.69) is 15.1 Å². The lowest BCUT2D eigenvalue weighted by atomic mass is 10.2. The number of nitrogens with zero attached hydrogens (tertiary/aromatic N) is 5. The van der Waals surface area contributed by atoms with Gasteiger partial charge in [-0.25, -0.2) is 14.3 Å². The van der Waals surface area contributed by atoms with Crippen LogP contribution in [0.2, 0.25) is 0 Å². The Morgan fingerprint density at radius 2 is 2.19 bits per heavy atom. The molecule has 0 unspecified atom stereocenters. The molecule has 1 amide bonds. The molecule has 9 heteroatoms. The van der Waals surface area contributed by atoms with Crippen LogP contribution in [0, 0.1) is 6.92 Å². The first-order valence-electron chi connectivity index (χ1n) is 6.37. The summed E-state index contributed by atoms with van der Waals surface area (Å²) in [4.78, 5) is 32.6. The van der Waals surface area contributed by atoms with E-state index in [1.807, 2.05) is 0 Å². The number of aromatic nitrogens is 4. The highest BCUT2D eigenvalue weighted by Crippen LogP contribution is 2.20. The predicted molar refractivity (Wildman–Crippen MR) is 68.6 cm³/mol. The molecule has 21 heavy (non-hydrogen) atoms. The van der Waals surface area contributed by atoms with Crippen LogP contribution in [0.5, 0.6) is 0 Å². The van der Waals surface area contributed by atoms with Crippen LogP contribution in [0.4, 0.5) is 0 Å². The van der Waals surface area contributed by atoms with Crippen LogP contribution < -0.4 is 0 Å². The zero-order chi connectivity index (χ0) is 15.1. The Morgan fingerprint density at radius 1 is 1.43 bits per heavy atom. The Bertz CT molecular complexity index is 728. The fourth-order valence-electron chi connectivity index (χ4n) is 2.40. The fraction of sp³-hybridized carbons (Fsp3) is 0.417. The summed E-state index contributed by atoms with van der Waals surface area (Å²) in [5.41, 5.74) is 0.753. The number of carboxylic acid groups (broad SMARTS) is 1. The summed E-state index contributed by atoms with van der Waals surface area (Å²) in [6.45, 7) is 1.75. The van der Waals surface area contributed by atoms with Crippen molar-refractivity contribution in [3.05, 3.63) is 23.8 Å². The number of aryl methyl sites for hydroxylation is 1. The molecule has 2 N–H and O–H groups in total. The van der Waals surface area contributed by atoms with Crippen LogP contribution in [0.25, 0.3) is 5.78 Å². The van der Waals surface area contributed by atoms with E-state index in [0.717, 1.165) is 10.6 Å². The molecule has 0 bridgehead atoms. The number of aliphatic carboxylic acids is 1. The molecule has 9 nitrogen and oxygen atoms in total. The van der Waals surface area contributed by atoms with Crippen molar-refractivity contribution in [2.24, 2.45) is 0 Å². The van der Waals surface area contributed by atoms with Gasteiger partial charge in [-0.1, -0.05) is 0 Å². The standard InChI is InChI=1S/C12H13N5O4/c1-6-2-3-13-12-14-9(15-17(6)12)10(19)16-5-7(18)4-8(16)11(20)21/h2-3,7-8,18H,4-5H2,1H3,(H,20,21)/t7-,8-/m0/s1. The second kappa shape index (κ2) is 4.77. The Morgan fingerprint density at radius 3 is 2.86 bits per heavy atom. The van der Waals surface area contributed by atoms with Crippen molar-refractivity contribution >= 4 is 17.7 Å². The largest absolute Gasteiger partial charge is 0.480 e. The third-order valence-electron chi connectivity index (χ3n) is 3.45. The Labute approximate surface area is 118 Å². The lowest BCUT2D eigenvalue weighted by Gasteiger charge is -2.19. The Hall–Kier alpha value is -2.55. The van der Waals surface area contributed by atoms with Crippen molar-refractivity contribution in [2.75, 3.05) is 6.54 Å². The highest BCUT2D eigenvalue weighted by molar-refractivity contribution is 5.94. The third kappa shape index (κ3) is 2.21. The van der Waals surface area contributed by atoms with E-state index < -0.39 is 24.0 Å². The maximum Gasteiger partial charge on any atom is 0.326 e. The minimum atomic E-state index is -1.15. The lowest BCUT2D eigenvalue weighted by molar-refractivity contribution is -0.141. The number of rotatable bonds is 2. The molecular formula is C12H13N5O4. The molecule has 2 aromatic rings. The monoisotopic (exact) mass is 291 g/mol. The summed E-state index contributed by atoms with van der Waals surface area (Å²) in [5, 5.41) is 22.8. The third-order valence-corrected chi connectivity index (χ3v) is 3.45. The second-order valence-corrected chi connectivity index (χ2v) is 4.93. The number of carbonyl (C=O) groups excluding carboxylic acids is 1. The number of fused-ring (bicyclic) bond motifs is 1. The van der Waals surface area contributed by atoms with Gasteiger partial charge >= 0.3 is 5.97 Å². The zero-order valence-electron chi connectivity index (χ0n) is 11.2. The molecule has 3 heterocycles. The number of β-amino-alcohol motifs (C(OH)–C–C–N with tert-alkyl or cyclic N) is 1. The molecule has 0 saturated carbocycles. The minimum Gasteiger partial charge on any atom is -0.480 e. The lowest BCUT2D eigenvalue weighted by Crippen LogP contribution is -2.41. The number of likely N-dealkylation sites (tertiary alicyclic amines) is 1. The SMILES string of the molecule is Cc1ccnc2nc(C(=O)N3C[C@@H](O)C[C@H]3C(=O)O)nn12. The summed E-state index contributed by atoms with van der Waals surface area (Å²) in [6.07, 6.45) is 0.700. The predicted octanol–water partition coefficient (Wildman–Crippen LogP) is -0.907. The molecule has 2 atom stereocenters. The summed E-state index contributed by atoms with van der Waals surface area (Å²) in [6, 6.07) is 0.656. The highest BCUT2D eigenvalue weighted by atomic mass is 16.4. The molecule has 0 aromatic carbocycles. The number of carboxylic acids is 1. The van der Waals surface area contributed by atoms with Gasteiger partial charge in [0.1, 0.15) is 6.04 Å². The van der Waals surface area contributed by atoms with Gasteiger partial charge in [0.05, 0.1) is 6.10 Å². The fourth-order valence-corrected chi connectivity index (χ4v) is 2.40. The van der Waals surface area contributed by atoms with Gasteiger partial charge in [0.15, 0.2) is 0 Å². The van der Waals surface area contributed by atoms with E-state index >= 15 is 0 Å². The molecule has 2 aromatic heterocycles. The minimum absolute atomic E-state index is 0.00568. The first-order valence-corrected chi connectivity index (χ1v) is 6.37. The number of aliphatic hydroxyl groups is 1. The van der Waals surface area contributed by atoms with E-state index in [9.17, 15) is 14.7 Å². The van der Waals surface area contributed by atoms with E-state index in [-0.39, 0.29) is 24.6 Å². The van der Waals surface area contributed by atoms with Crippen LogP contribution in [0.1, 0.15) is 22.7 Å². The van der Waals surface area contributed by atoms with Crippen LogP contribution in [0.3, 0.4) is 0 Å². The number of aliphatic hydroxyl groups excluding tert-OH is 1. The molecule has 110 valence electrons. The Kier molecular flexibility index (Phi) is 3.05. The van der Waals surface area contributed by atoms with Gasteiger partial charge < -0.3 is 15.1 Å². The quantitative estimate of drug-likeness (QED) is 0.734. The summed E-state index contributed by atoms with van der Waals surface area (Å²) < 4.78 is 1.41. The summed E-state index contributed by atoms with van der Waals surface area (Å²) >= 11 is 0. The van der Waals surface area contributed by atoms with Gasteiger partial charge in [0, 0.05) is 24.9 Å². The first kappa shape index (κ1) is 13.4. The van der Waals surface area contributed by atoms with Crippen LogP contribution in [-0.2, 0) is 4.79 Å². The van der Waals surface area contributed by atoms with Gasteiger partial charge in [0.2, 0.25) is 5.82 Å². The van der Waals surface area contributed by atoms with Crippen molar-refractivity contribution in [1.82, 2.24) is 24.5 Å². The van der Waals surface area contributed by atoms with Gasteiger partial charge in [0.25, 0.3) is 11.7 Å².